The highest BCUT2D eigenvalue weighted by Crippen LogP contribution is 2.19. The topological polar surface area (TPSA) is 111 Å². The van der Waals surface area contributed by atoms with E-state index in [1.807, 2.05) is 12.8 Å². The lowest BCUT2D eigenvalue weighted by molar-refractivity contribution is -0.703. The van der Waals surface area contributed by atoms with Gasteiger partial charge in [-0.05, 0) is 25.5 Å². The Morgan fingerprint density at radius 2 is 1.96 bits per heavy atom. The third-order valence-electron chi connectivity index (χ3n) is 3.44. The first-order valence-corrected chi connectivity index (χ1v) is 8.85. The molecule has 0 unspecified atom stereocenters. The molecule has 2 rings (SSSR count). The minimum absolute atomic E-state index is 0.162. The van der Waals surface area contributed by atoms with Gasteiger partial charge < -0.3 is 0 Å². The molecule has 0 aliphatic heterocycles. The molecule has 0 bridgehead atoms. The average Bonchev–Trinajstić information content (AvgIpc) is 2.58. The monoisotopic (exact) mass is 342 g/mol. The quantitative estimate of drug-likeness (QED) is 0.499. The van der Waals surface area contributed by atoms with Gasteiger partial charge in [-0.3, -0.25) is 5.41 Å². The third kappa shape index (κ3) is 3.54. The Bertz CT molecular complexity index is 956. The fourth-order valence-electron chi connectivity index (χ4n) is 2.20. The van der Waals surface area contributed by atoms with Gasteiger partial charge in [0.15, 0.2) is 15.9 Å². The number of aromatic nitrogens is 3. The van der Waals surface area contributed by atoms with Crippen LogP contribution in [0.2, 0.25) is 0 Å². The lowest BCUT2D eigenvalue weighted by Gasteiger charge is -2.08. The Morgan fingerprint density at radius 3 is 2.50 bits per heavy atom. The number of nitrogens with zero attached hydrogens (tertiary/aromatic N) is 4. The van der Waals surface area contributed by atoms with E-state index in [4.69, 9.17) is 10.7 Å². The highest BCUT2D eigenvalue weighted by molar-refractivity contribution is 7.90. The van der Waals surface area contributed by atoms with Gasteiger partial charge in [0.05, 0.1) is 21.3 Å². The van der Waals surface area contributed by atoms with Crippen molar-refractivity contribution in [3.63, 3.8) is 0 Å². The molecular formula is C16H16N5O2S+. The molecule has 0 aliphatic rings. The van der Waals surface area contributed by atoms with Crippen molar-refractivity contribution in [3.8, 4) is 6.07 Å². The van der Waals surface area contributed by atoms with E-state index >= 15 is 0 Å². The minimum atomic E-state index is -3.53. The van der Waals surface area contributed by atoms with Crippen molar-refractivity contribution in [1.29, 1.82) is 10.7 Å². The maximum absolute atomic E-state index is 12.6. The zero-order valence-electron chi connectivity index (χ0n) is 13.3. The summed E-state index contributed by atoms with van der Waals surface area (Å²) in [6.07, 6.45) is 0.472. The smallest absolute Gasteiger partial charge is 0.252 e. The Kier molecular flexibility index (Phi) is 5.19. The van der Waals surface area contributed by atoms with Crippen molar-refractivity contribution >= 4 is 21.4 Å². The highest BCUT2D eigenvalue weighted by atomic mass is 32.2. The average molecular weight is 342 g/mol. The van der Waals surface area contributed by atoms with Crippen LogP contribution in [0.3, 0.4) is 0 Å². The molecule has 7 nitrogen and oxygen atoms in total. The molecule has 122 valence electrons. The molecule has 0 aliphatic carbocycles. The van der Waals surface area contributed by atoms with E-state index in [9.17, 15) is 8.42 Å². The van der Waals surface area contributed by atoms with Gasteiger partial charge in [-0.15, -0.1) is 0 Å². The number of hydrogen-bond donors (Lipinski definition) is 1. The van der Waals surface area contributed by atoms with Crippen LogP contribution in [0.5, 0.6) is 0 Å². The van der Waals surface area contributed by atoms with Gasteiger partial charge in [0.25, 0.3) is 0 Å². The van der Waals surface area contributed by atoms with Crippen molar-refractivity contribution in [3.05, 3.63) is 47.3 Å². The molecule has 0 saturated heterocycles. The summed E-state index contributed by atoms with van der Waals surface area (Å²) >= 11 is 0. The van der Waals surface area contributed by atoms with Crippen molar-refractivity contribution in [2.45, 2.75) is 30.9 Å². The summed E-state index contributed by atoms with van der Waals surface area (Å²) in [6.45, 7) is 3.50. The van der Waals surface area contributed by atoms with Gasteiger partial charge in [0.2, 0.25) is 0 Å². The first-order valence-electron chi connectivity index (χ1n) is 7.20. The van der Waals surface area contributed by atoms with Gasteiger partial charge >= 0.3 is 5.70 Å². The molecule has 8 heteroatoms. The van der Waals surface area contributed by atoms with Gasteiger partial charge in [0.1, 0.15) is 11.4 Å². The van der Waals surface area contributed by atoms with E-state index in [2.05, 4.69) is 10.2 Å². The fourth-order valence-corrected chi connectivity index (χ4v) is 3.70. The maximum Gasteiger partial charge on any atom is 0.405 e. The lowest BCUT2D eigenvalue weighted by Crippen LogP contribution is -2.43. The summed E-state index contributed by atoms with van der Waals surface area (Å²) in [5.74, 6) is 1.75. The molecule has 1 N–H and O–H groups in total. The number of nitrogens with one attached hydrogen (secondary N) is 1. The molecule has 1 aromatic carbocycles. The van der Waals surface area contributed by atoms with Crippen molar-refractivity contribution in [2.24, 2.45) is 0 Å². The molecule has 0 radical (unpaired) electrons. The summed E-state index contributed by atoms with van der Waals surface area (Å²) in [5, 5.41) is 24.3. The van der Waals surface area contributed by atoms with Gasteiger partial charge in [0, 0.05) is 15.8 Å². The second-order valence-corrected chi connectivity index (χ2v) is 7.00. The van der Waals surface area contributed by atoms with Crippen molar-refractivity contribution in [2.75, 3.05) is 0 Å². The highest BCUT2D eigenvalue weighted by Gasteiger charge is 2.25. The Hall–Kier alpha value is -2.88. The summed E-state index contributed by atoms with van der Waals surface area (Å²) in [7, 11) is -3.53. The molecule has 0 spiro atoms. The summed E-state index contributed by atoms with van der Waals surface area (Å²) in [6, 6.07) is 9.97. The van der Waals surface area contributed by atoms with Crippen LogP contribution >= 0.6 is 0 Å². The van der Waals surface area contributed by atoms with Crippen LogP contribution in [-0.4, -0.2) is 24.5 Å². The molecule has 0 saturated carbocycles. The number of rotatable bonds is 5. The van der Waals surface area contributed by atoms with Gasteiger partial charge in [-0.2, -0.15) is 5.26 Å². The van der Waals surface area contributed by atoms with Crippen LogP contribution in [0, 0.1) is 23.7 Å². The Labute approximate surface area is 140 Å². The van der Waals surface area contributed by atoms with Crippen molar-refractivity contribution in [1.82, 2.24) is 10.2 Å². The second kappa shape index (κ2) is 7.13. The second-order valence-electron chi connectivity index (χ2n) is 5.01. The molecule has 0 amide bonds. The van der Waals surface area contributed by atoms with Crippen LogP contribution in [0.15, 0.2) is 35.2 Å². The van der Waals surface area contributed by atoms with E-state index in [0.717, 1.165) is 4.80 Å². The molecule has 0 atom stereocenters. The Morgan fingerprint density at radius 1 is 1.29 bits per heavy atom. The molecule has 24 heavy (non-hydrogen) atoms. The predicted octanol–water partition coefficient (Wildman–Crippen LogP) is 1.22. The molecular weight excluding hydrogens is 326 g/mol. The van der Waals surface area contributed by atoms with Gasteiger partial charge in [-0.1, -0.05) is 25.1 Å². The SMILES string of the molecule is CCc1n[n+](C(=C=N)C#N)nc(C)c1CS(=O)(=O)c1ccccc1. The maximum atomic E-state index is 12.6. The largest absolute Gasteiger partial charge is 0.405 e. The molecule has 0 fully saturated rings. The molecule has 2 aromatic rings. The van der Waals surface area contributed by atoms with Crippen LogP contribution in [0.1, 0.15) is 23.9 Å². The van der Waals surface area contributed by atoms with E-state index in [0.29, 0.717) is 23.4 Å². The first kappa shape index (κ1) is 17.5. The number of allylic oxidation sites excluding steroid dienone is 1. The zero-order valence-corrected chi connectivity index (χ0v) is 14.1. The van der Waals surface area contributed by atoms with Crippen LogP contribution in [-0.2, 0) is 22.0 Å². The number of sulfone groups is 1. The predicted molar refractivity (Wildman–Crippen MR) is 86.7 cm³/mol. The van der Waals surface area contributed by atoms with E-state index in [1.165, 1.54) is 0 Å². The lowest BCUT2D eigenvalue weighted by atomic mass is 10.1. The van der Waals surface area contributed by atoms with Crippen LogP contribution in [0.4, 0.5) is 0 Å². The first-order chi connectivity index (χ1) is 11.4. The number of aryl methyl sites for hydroxylation is 2. The Balaban J connectivity index is 2.52. The fraction of sp³-hybridized carbons (Fsp3) is 0.250. The standard InChI is InChI=1S/C16H16N5O2S/c1-3-16-15(11-24(22,23)14-7-5-4-6-8-14)12(2)19-21(20-16)13(9-17)10-18/h4-8,17H,3,11H2,1-2H3/q+1. The molecule has 1 aromatic heterocycles. The van der Waals surface area contributed by atoms with E-state index < -0.39 is 9.84 Å². The minimum Gasteiger partial charge on any atom is -0.252 e. The number of hydrogen-bond acceptors (Lipinski definition) is 6. The van der Waals surface area contributed by atoms with Crippen LogP contribution in [0.25, 0.3) is 5.70 Å². The summed E-state index contributed by atoms with van der Waals surface area (Å²) < 4.78 is 25.2. The number of benzene rings is 1. The van der Waals surface area contributed by atoms with Crippen LogP contribution < -0.4 is 4.80 Å². The van der Waals surface area contributed by atoms with Crippen molar-refractivity contribution < 1.29 is 13.2 Å². The third-order valence-corrected chi connectivity index (χ3v) is 5.10. The normalized spacial score (nSPS) is 10.7. The molecule has 1 heterocycles. The summed E-state index contributed by atoms with van der Waals surface area (Å²) in [4.78, 5) is 1.25. The number of nitriles is 1. The van der Waals surface area contributed by atoms with Gasteiger partial charge in [-0.25, -0.2) is 8.42 Å². The summed E-state index contributed by atoms with van der Waals surface area (Å²) in [5.41, 5.74) is 1.32. The van der Waals surface area contributed by atoms with E-state index in [-0.39, 0.29) is 16.3 Å². The zero-order chi connectivity index (χ0) is 17.7. The van der Waals surface area contributed by atoms with E-state index in [1.54, 1.807) is 43.3 Å².